The van der Waals surface area contributed by atoms with E-state index >= 15 is 0 Å². The minimum Gasteiger partial charge on any atom is -0.449 e. The molecule has 0 radical (unpaired) electrons. The molecule has 0 saturated carbocycles. The fourth-order valence-corrected chi connectivity index (χ4v) is 4.41. The zero-order valence-corrected chi connectivity index (χ0v) is 20.8. The third kappa shape index (κ3) is 6.44. The predicted octanol–water partition coefficient (Wildman–Crippen LogP) is 6.39. The molecule has 1 fully saturated rings. The number of amides is 3. The van der Waals surface area contributed by atoms with Crippen LogP contribution in [0.5, 0.6) is 11.5 Å². The molecule has 9 nitrogen and oxygen atoms in total. The lowest BCUT2D eigenvalue weighted by molar-refractivity contribution is -0.385. The van der Waals surface area contributed by atoms with E-state index in [9.17, 15) is 37.7 Å². The molecule has 1 saturated heterocycles. The lowest BCUT2D eigenvalue weighted by atomic mass is 10.1. The number of aryl methyl sites for hydroxylation is 1. The predicted molar refractivity (Wildman–Crippen MR) is 137 cm³/mol. The zero-order chi connectivity index (χ0) is 28.3. The highest BCUT2D eigenvalue weighted by Crippen LogP contribution is 2.40. The smallest absolute Gasteiger partial charge is 0.416 e. The second-order valence-electron chi connectivity index (χ2n) is 8.26. The molecular weight excluding hydrogens is 539 g/mol. The van der Waals surface area contributed by atoms with Gasteiger partial charge in [0.2, 0.25) is 11.7 Å². The van der Waals surface area contributed by atoms with E-state index in [1.807, 2.05) is 13.0 Å². The molecule has 0 bridgehead atoms. The number of imide groups is 1. The Kier molecular flexibility index (Phi) is 7.72. The summed E-state index contributed by atoms with van der Waals surface area (Å²) in [5.74, 6) is -1.78. The number of para-hydroxylation sites is 1. The van der Waals surface area contributed by atoms with Crippen molar-refractivity contribution in [1.82, 2.24) is 4.90 Å². The molecule has 0 aliphatic carbocycles. The van der Waals surface area contributed by atoms with E-state index in [0.717, 1.165) is 16.5 Å². The van der Waals surface area contributed by atoms with Gasteiger partial charge in [-0.25, -0.2) is 0 Å². The van der Waals surface area contributed by atoms with Crippen molar-refractivity contribution < 1.29 is 37.2 Å². The number of benzene rings is 3. The summed E-state index contributed by atoms with van der Waals surface area (Å²) in [6.07, 6.45) is -3.49. The van der Waals surface area contributed by atoms with Crippen LogP contribution < -0.4 is 10.1 Å². The van der Waals surface area contributed by atoms with Crippen molar-refractivity contribution in [2.45, 2.75) is 13.1 Å². The second kappa shape index (κ2) is 11.0. The number of hydrogen-bond acceptors (Lipinski definition) is 7. The van der Waals surface area contributed by atoms with Gasteiger partial charge in [-0.2, -0.15) is 13.2 Å². The summed E-state index contributed by atoms with van der Waals surface area (Å²) in [4.78, 5) is 49.0. The van der Waals surface area contributed by atoms with Crippen molar-refractivity contribution in [3.63, 3.8) is 0 Å². The SMILES string of the molecule is Cc1cccc(NC(=O)CN2C(=O)S/C(=C/c3ccccc3Oc3ccc(C(F)(F)F)cc3[N+](=O)[O-])C2=O)c1. The zero-order valence-electron chi connectivity index (χ0n) is 20.0. The van der Waals surface area contributed by atoms with Gasteiger partial charge in [0.25, 0.3) is 11.1 Å². The molecule has 1 aliphatic heterocycles. The van der Waals surface area contributed by atoms with Crippen molar-refractivity contribution in [2.24, 2.45) is 0 Å². The van der Waals surface area contributed by atoms with E-state index in [2.05, 4.69) is 5.32 Å². The Morgan fingerprint density at radius 1 is 1.08 bits per heavy atom. The van der Waals surface area contributed by atoms with E-state index in [0.29, 0.717) is 29.6 Å². The fraction of sp³-hybridized carbons (Fsp3) is 0.115. The monoisotopic (exact) mass is 557 g/mol. The van der Waals surface area contributed by atoms with Gasteiger partial charge in [0, 0.05) is 17.3 Å². The Morgan fingerprint density at radius 2 is 1.82 bits per heavy atom. The molecule has 0 unspecified atom stereocenters. The maximum Gasteiger partial charge on any atom is 0.416 e. The molecule has 1 aliphatic rings. The summed E-state index contributed by atoms with van der Waals surface area (Å²) in [5.41, 5.74) is -0.480. The molecule has 4 rings (SSSR count). The number of nitrogens with zero attached hydrogens (tertiary/aromatic N) is 2. The number of ether oxygens (including phenoxy) is 1. The van der Waals surface area contributed by atoms with Crippen LogP contribution in [-0.4, -0.2) is 33.4 Å². The van der Waals surface area contributed by atoms with Gasteiger partial charge < -0.3 is 10.1 Å². The number of rotatable bonds is 7. The highest BCUT2D eigenvalue weighted by molar-refractivity contribution is 8.18. The van der Waals surface area contributed by atoms with Gasteiger partial charge in [0.05, 0.1) is 15.4 Å². The molecule has 200 valence electrons. The van der Waals surface area contributed by atoms with Crippen LogP contribution in [0.1, 0.15) is 16.7 Å². The third-order valence-corrected chi connectivity index (χ3v) is 6.29. The number of carbonyl (C=O) groups is 3. The van der Waals surface area contributed by atoms with Gasteiger partial charge in [-0.05, 0) is 60.7 Å². The van der Waals surface area contributed by atoms with Crippen molar-refractivity contribution >= 4 is 46.3 Å². The maximum absolute atomic E-state index is 13.0. The lowest BCUT2D eigenvalue weighted by Gasteiger charge is -2.13. The van der Waals surface area contributed by atoms with Crippen molar-refractivity contribution in [2.75, 3.05) is 11.9 Å². The van der Waals surface area contributed by atoms with E-state index in [4.69, 9.17) is 4.74 Å². The van der Waals surface area contributed by atoms with Crippen LogP contribution in [0.3, 0.4) is 0 Å². The standard InChI is InChI=1S/C26H18F3N3O6S/c1-15-5-4-7-18(11-15)30-23(33)14-31-24(34)22(39-25(31)35)12-16-6-2-3-8-20(16)38-21-10-9-17(26(27,28)29)13-19(21)32(36)37/h2-13H,14H2,1H3,(H,30,33)/b22-12+. The summed E-state index contributed by atoms with van der Waals surface area (Å²) < 4.78 is 44.6. The molecule has 13 heteroatoms. The van der Waals surface area contributed by atoms with Crippen molar-refractivity contribution in [3.05, 3.63) is 98.4 Å². The number of hydrogen-bond donors (Lipinski definition) is 1. The minimum atomic E-state index is -4.79. The molecule has 3 aromatic carbocycles. The Bertz CT molecular complexity index is 1520. The summed E-state index contributed by atoms with van der Waals surface area (Å²) in [6.45, 7) is 1.32. The quantitative estimate of drug-likeness (QED) is 0.203. The van der Waals surface area contributed by atoms with E-state index in [1.54, 1.807) is 24.3 Å². The molecule has 0 atom stereocenters. The van der Waals surface area contributed by atoms with Crippen LogP contribution >= 0.6 is 11.8 Å². The van der Waals surface area contributed by atoms with Crippen LogP contribution in [0.2, 0.25) is 0 Å². The first-order chi connectivity index (χ1) is 18.4. The third-order valence-electron chi connectivity index (χ3n) is 5.39. The van der Waals surface area contributed by atoms with Crippen LogP contribution in [0.4, 0.5) is 29.3 Å². The van der Waals surface area contributed by atoms with Crippen molar-refractivity contribution in [3.8, 4) is 11.5 Å². The van der Waals surface area contributed by atoms with Gasteiger partial charge >= 0.3 is 11.9 Å². The molecular formula is C26H18F3N3O6S. The topological polar surface area (TPSA) is 119 Å². The number of nitro benzene ring substituents is 1. The average molecular weight is 558 g/mol. The highest BCUT2D eigenvalue weighted by Gasteiger charge is 2.37. The summed E-state index contributed by atoms with van der Waals surface area (Å²) >= 11 is 0.585. The van der Waals surface area contributed by atoms with Crippen LogP contribution in [0.15, 0.2) is 71.6 Å². The number of nitrogens with one attached hydrogen (secondary N) is 1. The summed E-state index contributed by atoms with van der Waals surface area (Å²) in [5, 5.41) is 13.4. The molecule has 0 aromatic heterocycles. The Morgan fingerprint density at radius 3 is 2.51 bits per heavy atom. The Hall–Kier alpha value is -4.65. The summed E-state index contributed by atoms with van der Waals surface area (Å²) in [6, 6.07) is 14.8. The second-order valence-corrected chi connectivity index (χ2v) is 9.26. The average Bonchev–Trinajstić information content (AvgIpc) is 3.12. The maximum atomic E-state index is 13.0. The van der Waals surface area contributed by atoms with E-state index in [-0.39, 0.29) is 16.2 Å². The van der Waals surface area contributed by atoms with E-state index < -0.39 is 51.7 Å². The molecule has 3 amide bonds. The number of halogens is 3. The van der Waals surface area contributed by atoms with Crippen LogP contribution in [-0.2, 0) is 15.8 Å². The Balaban J connectivity index is 1.55. The molecule has 39 heavy (non-hydrogen) atoms. The van der Waals surface area contributed by atoms with Gasteiger partial charge in [-0.1, -0.05) is 30.3 Å². The first kappa shape index (κ1) is 27.4. The van der Waals surface area contributed by atoms with Gasteiger partial charge in [0.15, 0.2) is 0 Å². The molecule has 1 N–H and O–H groups in total. The number of thioether (sulfide) groups is 1. The molecule has 1 heterocycles. The largest absolute Gasteiger partial charge is 0.449 e. The normalized spacial score (nSPS) is 14.6. The summed E-state index contributed by atoms with van der Waals surface area (Å²) in [7, 11) is 0. The van der Waals surface area contributed by atoms with Gasteiger partial charge in [-0.15, -0.1) is 0 Å². The van der Waals surface area contributed by atoms with Crippen LogP contribution in [0, 0.1) is 17.0 Å². The first-order valence-corrected chi connectivity index (χ1v) is 12.0. The Labute approximate surface area is 223 Å². The van der Waals surface area contributed by atoms with Crippen molar-refractivity contribution in [1.29, 1.82) is 0 Å². The minimum absolute atomic E-state index is 0.00986. The van der Waals surface area contributed by atoms with E-state index in [1.165, 1.54) is 24.3 Å². The lowest BCUT2D eigenvalue weighted by Crippen LogP contribution is -2.36. The number of carbonyl (C=O) groups excluding carboxylic acids is 3. The van der Waals surface area contributed by atoms with Gasteiger partial charge in [-0.3, -0.25) is 29.4 Å². The first-order valence-electron chi connectivity index (χ1n) is 11.2. The molecule has 3 aromatic rings. The van der Waals surface area contributed by atoms with Crippen LogP contribution in [0.25, 0.3) is 6.08 Å². The highest BCUT2D eigenvalue weighted by atomic mass is 32.2. The fourth-order valence-electron chi connectivity index (χ4n) is 3.58. The molecule has 0 spiro atoms. The van der Waals surface area contributed by atoms with Gasteiger partial charge in [0.1, 0.15) is 12.3 Å². The number of anilines is 1. The number of alkyl halides is 3. The number of nitro groups is 1.